The van der Waals surface area contributed by atoms with E-state index in [0.717, 1.165) is 22.5 Å². The Bertz CT molecular complexity index is 796. The summed E-state index contributed by atoms with van der Waals surface area (Å²) in [6.07, 6.45) is 3.50. The van der Waals surface area contributed by atoms with Crippen molar-refractivity contribution in [3.8, 4) is 11.1 Å². The van der Waals surface area contributed by atoms with Gasteiger partial charge in [0, 0.05) is 18.8 Å². The van der Waals surface area contributed by atoms with Gasteiger partial charge in [-0.15, -0.1) is 0 Å². The van der Waals surface area contributed by atoms with E-state index in [2.05, 4.69) is 36.5 Å². The van der Waals surface area contributed by atoms with Crippen molar-refractivity contribution in [2.45, 2.75) is 13.8 Å². The number of rotatable bonds is 3. The van der Waals surface area contributed by atoms with Crippen LogP contribution in [0.25, 0.3) is 11.1 Å². The number of aryl methyl sites for hydroxylation is 3. The molecule has 3 rings (SSSR count). The van der Waals surface area contributed by atoms with Crippen LogP contribution in [0.5, 0.6) is 0 Å². The number of hydrogen-bond acceptors (Lipinski definition) is 2. The summed E-state index contributed by atoms with van der Waals surface area (Å²) in [6.45, 7) is 4.10. The molecule has 2 aromatic heterocycles. The summed E-state index contributed by atoms with van der Waals surface area (Å²) in [5.74, 6) is 0.816. The van der Waals surface area contributed by atoms with Crippen molar-refractivity contribution < 1.29 is 9.21 Å². The van der Waals surface area contributed by atoms with Gasteiger partial charge in [0.25, 0.3) is 5.91 Å². The van der Waals surface area contributed by atoms with E-state index in [9.17, 15) is 4.79 Å². The lowest BCUT2D eigenvalue weighted by molar-refractivity contribution is 0.0996. The standard InChI is InChI=1S/C18H18N2O2/c1-12-6-8-14(9-7-12)16-13(2)11-20(3)17(16)19-18(21)15-5-4-10-22-15/h4-11H,1-3H3,(H,19,21). The fourth-order valence-electron chi connectivity index (χ4n) is 2.59. The summed E-state index contributed by atoms with van der Waals surface area (Å²) in [6, 6.07) is 11.6. The highest BCUT2D eigenvalue weighted by Crippen LogP contribution is 2.33. The molecule has 0 aliphatic carbocycles. The Kier molecular flexibility index (Phi) is 3.59. The van der Waals surface area contributed by atoms with Gasteiger partial charge >= 0.3 is 0 Å². The monoisotopic (exact) mass is 294 g/mol. The van der Waals surface area contributed by atoms with E-state index >= 15 is 0 Å². The van der Waals surface area contributed by atoms with Crippen LogP contribution in [0, 0.1) is 13.8 Å². The van der Waals surface area contributed by atoms with Crippen LogP contribution in [0.1, 0.15) is 21.7 Å². The lowest BCUT2D eigenvalue weighted by Gasteiger charge is -2.10. The van der Waals surface area contributed by atoms with Crippen molar-refractivity contribution in [3.05, 3.63) is 65.7 Å². The third kappa shape index (κ3) is 2.55. The zero-order valence-electron chi connectivity index (χ0n) is 12.9. The number of furan rings is 1. The van der Waals surface area contributed by atoms with E-state index < -0.39 is 0 Å². The lowest BCUT2D eigenvalue weighted by atomic mass is 10.0. The van der Waals surface area contributed by atoms with Crippen LogP contribution in [0.2, 0.25) is 0 Å². The molecule has 22 heavy (non-hydrogen) atoms. The normalized spacial score (nSPS) is 10.7. The van der Waals surface area contributed by atoms with Crippen molar-refractivity contribution in [2.75, 3.05) is 5.32 Å². The molecule has 3 aromatic rings. The van der Waals surface area contributed by atoms with E-state index in [4.69, 9.17) is 4.42 Å². The summed E-state index contributed by atoms with van der Waals surface area (Å²) >= 11 is 0. The highest BCUT2D eigenvalue weighted by molar-refractivity contribution is 6.04. The molecule has 0 unspecified atom stereocenters. The topological polar surface area (TPSA) is 47.2 Å². The molecule has 0 aliphatic rings. The van der Waals surface area contributed by atoms with E-state index in [0.29, 0.717) is 5.76 Å². The minimum Gasteiger partial charge on any atom is -0.459 e. The number of carbonyl (C=O) groups is 1. The van der Waals surface area contributed by atoms with Crippen LogP contribution in [0.15, 0.2) is 53.3 Å². The second-order valence-electron chi connectivity index (χ2n) is 5.44. The largest absolute Gasteiger partial charge is 0.459 e. The SMILES string of the molecule is Cc1ccc(-c2c(C)cn(C)c2NC(=O)c2ccco2)cc1. The molecule has 1 N–H and O–H groups in total. The molecule has 0 bridgehead atoms. The van der Waals surface area contributed by atoms with Crippen molar-refractivity contribution >= 4 is 11.7 Å². The number of amides is 1. The molecule has 0 spiro atoms. The Morgan fingerprint density at radius 3 is 2.50 bits per heavy atom. The maximum Gasteiger partial charge on any atom is 0.292 e. The van der Waals surface area contributed by atoms with E-state index in [1.807, 2.05) is 24.7 Å². The summed E-state index contributed by atoms with van der Waals surface area (Å²) < 4.78 is 7.08. The first-order valence-corrected chi connectivity index (χ1v) is 7.14. The first-order valence-electron chi connectivity index (χ1n) is 7.14. The van der Waals surface area contributed by atoms with Crippen molar-refractivity contribution in [1.29, 1.82) is 0 Å². The molecule has 0 radical (unpaired) electrons. The van der Waals surface area contributed by atoms with Gasteiger partial charge in [-0.2, -0.15) is 0 Å². The Balaban J connectivity index is 2.01. The highest BCUT2D eigenvalue weighted by Gasteiger charge is 2.17. The second kappa shape index (κ2) is 5.56. The number of hydrogen-bond donors (Lipinski definition) is 1. The zero-order valence-corrected chi connectivity index (χ0v) is 12.9. The molecule has 0 saturated carbocycles. The maximum absolute atomic E-state index is 12.3. The Morgan fingerprint density at radius 1 is 1.14 bits per heavy atom. The van der Waals surface area contributed by atoms with E-state index in [1.54, 1.807) is 12.1 Å². The van der Waals surface area contributed by atoms with Gasteiger partial charge in [-0.25, -0.2) is 0 Å². The minimum absolute atomic E-state index is 0.250. The van der Waals surface area contributed by atoms with E-state index in [-0.39, 0.29) is 5.91 Å². The fraction of sp³-hybridized carbons (Fsp3) is 0.167. The number of benzene rings is 1. The predicted octanol–water partition coefficient (Wildman–Crippen LogP) is 4.15. The maximum atomic E-state index is 12.3. The number of anilines is 1. The van der Waals surface area contributed by atoms with Crippen LogP contribution < -0.4 is 5.32 Å². The van der Waals surface area contributed by atoms with E-state index in [1.165, 1.54) is 11.8 Å². The van der Waals surface area contributed by atoms with Crippen molar-refractivity contribution in [2.24, 2.45) is 7.05 Å². The van der Waals surface area contributed by atoms with Gasteiger partial charge < -0.3 is 14.3 Å². The summed E-state index contributed by atoms with van der Waals surface area (Å²) in [7, 11) is 1.92. The smallest absolute Gasteiger partial charge is 0.292 e. The van der Waals surface area contributed by atoms with Gasteiger partial charge in [0.2, 0.25) is 0 Å². The quantitative estimate of drug-likeness (QED) is 0.788. The summed E-state index contributed by atoms with van der Waals surface area (Å²) in [5, 5.41) is 2.95. The molecule has 0 saturated heterocycles. The average Bonchev–Trinajstić information content (AvgIpc) is 3.10. The third-order valence-electron chi connectivity index (χ3n) is 3.69. The molecule has 4 heteroatoms. The molecule has 2 heterocycles. The van der Waals surface area contributed by atoms with Gasteiger partial charge in [0.1, 0.15) is 5.82 Å². The Hall–Kier alpha value is -2.75. The molecule has 0 fully saturated rings. The van der Waals surface area contributed by atoms with Crippen LogP contribution in [0.4, 0.5) is 5.82 Å². The summed E-state index contributed by atoms with van der Waals surface area (Å²) in [5.41, 5.74) is 4.43. The molecule has 1 aromatic carbocycles. The number of aromatic nitrogens is 1. The first-order chi connectivity index (χ1) is 10.6. The second-order valence-corrected chi connectivity index (χ2v) is 5.44. The molecule has 1 amide bonds. The van der Waals surface area contributed by atoms with Crippen molar-refractivity contribution in [3.63, 3.8) is 0 Å². The van der Waals surface area contributed by atoms with Gasteiger partial charge in [-0.3, -0.25) is 4.79 Å². The van der Waals surface area contributed by atoms with Crippen LogP contribution in [-0.4, -0.2) is 10.5 Å². The van der Waals surface area contributed by atoms with Gasteiger partial charge in [0.15, 0.2) is 5.76 Å². The molecular formula is C18H18N2O2. The van der Waals surface area contributed by atoms with Gasteiger partial charge in [-0.05, 0) is 37.1 Å². The molecule has 0 atom stereocenters. The molecule has 4 nitrogen and oxygen atoms in total. The van der Waals surface area contributed by atoms with Crippen LogP contribution in [0.3, 0.4) is 0 Å². The van der Waals surface area contributed by atoms with Crippen molar-refractivity contribution in [1.82, 2.24) is 4.57 Å². The Labute approximate surface area is 129 Å². The van der Waals surface area contributed by atoms with Crippen LogP contribution in [-0.2, 0) is 7.05 Å². The molecular weight excluding hydrogens is 276 g/mol. The summed E-state index contributed by atoms with van der Waals surface area (Å²) in [4.78, 5) is 12.3. The zero-order chi connectivity index (χ0) is 15.7. The minimum atomic E-state index is -0.250. The number of carbonyl (C=O) groups excluding carboxylic acids is 1. The molecule has 112 valence electrons. The van der Waals surface area contributed by atoms with Gasteiger partial charge in [-0.1, -0.05) is 29.8 Å². The number of nitrogens with one attached hydrogen (secondary N) is 1. The molecule has 0 aliphatic heterocycles. The average molecular weight is 294 g/mol. The van der Waals surface area contributed by atoms with Gasteiger partial charge in [0.05, 0.1) is 6.26 Å². The fourth-order valence-corrected chi connectivity index (χ4v) is 2.59. The highest BCUT2D eigenvalue weighted by atomic mass is 16.3. The van der Waals surface area contributed by atoms with Crippen LogP contribution >= 0.6 is 0 Å². The third-order valence-corrected chi connectivity index (χ3v) is 3.69. The lowest BCUT2D eigenvalue weighted by Crippen LogP contribution is -2.14. The first kappa shape index (κ1) is 14.2. The number of nitrogens with zero attached hydrogens (tertiary/aromatic N) is 1. The predicted molar refractivity (Wildman–Crippen MR) is 87.0 cm³/mol. The Morgan fingerprint density at radius 2 is 1.86 bits per heavy atom.